The Morgan fingerprint density at radius 3 is 2.54 bits per heavy atom. The summed E-state index contributed by atoms with van der Waals surface area (Å²) < 4.78 is 32.6. The highest BCUT2D eigenvalue weighted by molar-refractivity contribution is 5.83. The van der Waals surface area contributed by atoms with Crippen molar-refractivity contribution in [3.63, 3.8) is 0 Å². The predicted octanol–water partition coefficient (Wildman–Crippen LogP) is 3.42. The summed E-state index contributed by atoms with van der Waals surface area (Å²) >= 11 is 0. The third-order valence-corrected chi connectivity index (χ3v) is 6.34. The summed E-state index contributed by atoms with van der Waals surface area (Å²) in [5.41, 5.74) is 0.858. The van der Waals surface area contributed by atoms with Gasteiger partial charge in [0.25, 0.3) is 5.56 Å². The number of alkyl halides is 2. The molecule has 148 valence electrons. The van der Waals surface area contributed by atoms with Gasteiger partial charge >= 0.3 is 0 Å². The van der Waals surface area contributed by atoms with Gasteiger partial charge in [0.05, 0.1) is 17.3 Å². The zero-order valence-corrected chi connectivity index (χ0v) is 15.5. The fourth-order valence-electron chi connectivity index (χ4n) is 4.58. The molecule has 3 atom stereocenters. The molecule has 1 unspecified atom stereocenters. The zero-order chi connectivity index (χ0) is 19.5. The summed E-state index contributed by atoms with van der Waals surface area (Å²) in [5.74, 6) is -0.859. The van der Waals surface area contributed by atoms with E-state index in [1.165, 1.54) is 0 Å². The number of hydrogen-bond donors (Lipinski definition) is 1. The van der Waals surface area contributed by atoms with Crippen molar-refractivity contribution in [1.29, 1.82) is 0 Å². The normalized spacial score (nSPS) is 28.9. The molecule has 5 rings (SSSR count). The molecular weight excluding hydrogens is 368 g/mol. The summed E-state index contributed by atoms with van der Waals surface area (Å²) in [6.07, 6.45) is 3.84. The molecule has 3 aliphatic rings. The quantitative estimate of drug-likeness (QED) is 0.867. The summed E-state index contributed by atoms with van der Waals surface area (Å²) in [7, 11) is 0. The molecule has 0 saturated heterocycles. The number of halogens is 2. The first kappa shape index (κ1) is 17.6. The zero-order valence-electron chi connectivity index (χ0n) is 15.5. The van der Waals surface area contributed by atoms with Crippen LogP contribution in [0.2, 0.25) is 0 Å². The van der Waals surface area contributed by atoms with Crippen LogP contribution in [0, 0.1) is 12.8 Å². The first-order chi connectivity index (χ1) is 13.4. The van der Waals surface area contributed by atoms with E-state index in [2.05, 4.69) is 20.2 Å². The highest BCUT2D eigenvalue weighted by atomic mass is 19.3. The molecule has 0 aromatic carbocycles. The van der Waals surface area contributed by atoms with E-state index in [4.69, 9.17) is 9.40 Å². The maximum Gasteiger partial charge on any atom is 0.260 e. The molecule has 2 aromatic heterocycles. The van der Waals surface area contributed by atoms with E-state index in [0.29, 0.717) is 41.7 Å². The van der Waals surface area contributed by atoms with E-state index < -0.39 is 5.92 Å². The average molecular weight is 389 g/mol. The fraction of sp³-hybridized carbons (Fsp3) is 0.632. The molecule has 2 saturated carbocycles. The van der Waals surface area contributed by atoms with Crippen LogP contribution in [0.4, 0.5) is 8.78 Å². The van der Waals surface area contributed by atoms with Gasteiger partial charge in [0.2, 0.25) is 17.7 Å². The van der Waals surface area contributed by atoms with Crippen molar-refractivity contribution >= 4 is 6.21 Å². The van der Waals surface area contributed by atoms with Crippen LogP contribution in [0.25, 0.3) is 0 Å². The number of hydrogen-bond acceptors (Lipinski definition) is 6. The van der Waals surface area contributed by atoms with Crippen LogP contribution < -0.4 is 5.56 Å². The Morgan fingerprint density at radius 1 is 1.14 bits per heavy atom. The predicted molar refractivity (Wildman–Crippen MR) is 95.8 cm³/mol. The van der Waals surface area contributed by atoms with Gasteiger partial charge in [0.15, 0.2) is 0 Å². The third kappa shape index (κ3) is 2.87. The molecule has 0 amide bonds. The SMILES string of the molecule is Cc1nnc([C@@H]2CC[C@H]2c2nc3c(c(=O)[nH]2)C=NC3C2CCC(F)(F)CC2)o1. The minimum Gasteiger partial charge on any atom is -0.425 e. The minimum atomic E-state index is -2.59. The molecule has 2 aromatic rings. The monoisotopic (exact) mass is 389 g/mol. The van der Waals surface area contributed by atoms with Crippen molar-refractivity contribution < 1.29 is 13.2 Å². The van der Waals surface area contributed by atoms with Gasteiger partial charge in [-0.05, 0) is 31.6 Å². The van der Waals surface area contributed by atoms with Gasteiger partial charge in [0, 0.05) is 37.8 Å². The van der Waals surface area contributed by atoms with Crippen LogP contribution in [-0.4, -0.2) is 32.3 Å². The highest BCUT2D eigenvalue weighted by Crippen LogP contribution is 2.48. The lowest BCUT2D eigenvalue weighted by atomic mass is 9.73. The third-order valence-electron chi connectivity index (χ3n) is 6.34. The summed E-state index contributed by atoms with van der Waals surface area (Å²) in [6, 6.07) is -0.309. The lowest BCUT2D eigenvalue weighted by Gasteiger charge is -2.34. The Hall–Kier alpha value is -2.45. The van der Waals surface area contributed by atoms with Crippen molar-refractivity contribution in [3.05, 3.63) is 39.2 Å². The van der Waals surface area contributed by atoms with Crippen molar-refractivity contribution in [1.82, 2.24) is 20.2 Å². The molecule has 2 aliphatic carbocycles. The molecule has 1 aliphatic heterocycles. The minimum absolute atomic E-state index is 0.00458. The Bertz CT molecular complexity index is 988. The first-order valence-electron chi connectivity index (χ1n) is 9.76. The van der Waals surface area contributed by atoms with Gasteiger partial charge in [-0.3, -0.25) is 9.79 Å². The second-order valence-electron chi connectivity index (χ2n) is 8.12. The van der Waals surface area contributed by atoms with E-state index in [9.17, 15) is 13.6 Å². The topological polar surface area (TPSA) is 97.0 Å². The lowest BCUT2D eigenvalue weighted by Crippen LogP contribution is -2.30. The van der Waals surface area contributed by atoms with E-state index in [0.717, 1.165) is 12.8 Å². The number of fused-ring (bicyclic) bond motifs is 1. The van der Waals surface area contributed by atoms with Crippen LogP contribution in [0.3, 0.4) is 0 Å². The van der Waals surface area contributed by atoms with Crippen LogP contribution >= 0.6 is 0 Å². The molecule has 3 heterocycles. The van der Waals surface area contributed by atoms with Gasteiger partial charge < -0.3 is 9.40 Å². The van der Waals surface area contributed by atoms with Crippen molar-refractivity contribution in [2.75, 3.05) is 0 Å². The van der Waals surface area contributed by atoms with Crippen LogP contribution in [0.1, 0.15) is 85.3 Å². The number of nitrogens with zero attached hydrogens (tertiary/aromatic N) is 4. The molecule has 0 radical (unpaired) electrons. The summed E-state index contributed by atoms with van der Waals surface area (Å²) in [4.78, 5) is 24.7. The Balaban J connectivity index is 1.43. The van der Waals surface area contributed by atoms with E-state index in [1.807, 2.05) is 0 Å². The van der Waals surface area contributed by atoms with Gasteiger partial charge in [0.1, 0.15) is 5.82 Å². The van der Waals surface area contributed by atoms with Crippen LogP contribution in [-0.2, 0) is 0 Å². The fourth-order valence-corrected chi connectivity index (χ4v) is 4.58. The van der Waals surface area contributed by atoms with Crippen LogP contribution in [0.5, 0.6) is 0 Å². The van der Waals surface area contributed by atoms with Gasteiger partial charge in [-0.15, -0.1) is 10.2 Å². The number of rotatable bonds is 3. The number of aromatic nitrogens is 4. The Morgan fingerprint density at radius 2 is 1.89 bits per heavy atom. The maximum absolute atomic E-state index is 13.5. The van der Waals surface area contributed by atoms with Gasteiger partial charge in [-0.2, -0.15) is 0 Å². The lowest BCUT2D eigenvalue weighted by molar-refractivity contribution is -0.0482. The second kappa shape index (κ2) is 6.28. The Kier molecular flexibility index (Phi) is 3.96. The highest BCUT2D eigenvalue weighted by Gasteiger charge is 2.42. The molecule has 1 N–H and O–H groups in total. The van der Waals surface area contributed by atoms with Crippen molar-refractivity contribution in [2.45, 2.75) is 69.2 Å². The van der Waals surface area contributed by atoms with Gasteiger partial charge in [-0.1, -0.05) is 0 Å². The van der Waals surface area contributed by atoms with E-state index in [-0.39, 0.29) is 42.2 Å². The molecule has 2 fully saturated rings. The molecule has 0 bridgehead atoms. The molecule has 7 nitrogen and oxygen atoms in total. The van der Waals surface area contributed by atoms with Crippen molar-refractivity contribution in [2.24, 2.45) is 10.9 Å². The smallest absolute Gasteiger partial charge is 0.260 e. The standard InChI is InChI=1S/C19H21F2N5O2/c1-9-25-26-18(28-9)12-3-2-11(12)16-23-15-13(17(27)24-16)8-22-14(15)10-4-6-19(20,21)7-5-10/h8,10-12,14H,2-7H2,1H3,(H,23,24,27)/t11-,12-,14?/m1/s1. The number of aromatic amines is 1. The number of nitrogens with one attached hydrogen (secondary N) is 1. The van der Waals surface area contributed by atoms with Crippen LogP contribution in [0.15, 0.2) is 14.2 Å². The Labute approximate surface area is 159 Å². The van der Waals surface area contributed by atoms with Crippen molar-refractivity contribution in [3.8, 4) is 0 Å². The van der Waals surface area contributed by atoms with E-state index >= 15 is 0 Å². The first-order valence-corrected chi connectivity index (χ1v) is 9.76. The molecule has 0 spiro atoms. The van der Waals surface area contributed by atoms with Gasteiger partial charge in [-0.25, -0.2) is 13.8 Å². The number of aliphatic imine (C=N–C) groups is 1. The number of H-pyrrole nitrogens is 1. The van der Waals surface area contributed by atoms with E-state index in [1.54, 1.807) is 13.1 Å². The second-order valence-corrected chi connectivity index (χ2v) is 8.12. The summed E-state index contributed by atoms with van der Waals surface area (Å²) in [6.45, 7) is 1.75. The maximum atomic E-state index is 13.5. The molecular formula is C19H21F2N5O2. The molecule has 28 heavy (non-hydrogen) atoms. The average Bonchev–Trinajstić information content (AvgIpc) is 3.21. The largest absolute Gasteiger partial charge is 0.425 e. The summed E-state index contributed by atoms with van der Waals surface area (Å²) in [5, 5.41) is 8.00. The molecule has 9 heteroatoms. The number of aryl methyl sites for hydroxylation is 1.